The van der Waals surface area contributed by atoms with E-state index in [4.69, 9.17) is 4.74 Å². The second kappa shape index (κ2) is 12.3. The highest BCUT2D eigenvalue weighted by atomic mass is 19.1. The number of rotatable bonds is 6. The van der Waals surface area contributed by atoms with Crippen LogP contribution in [-0.4, -0.2) is 61.7 Å². The Morgan fingerprint density at radius 3 is 2.43 bits per heavy atom. The zero-order valence-corrected chi connectivity index (χ0v) is 24.5. The van der Waals surface area contributed by atoms with Crippen LogP contribution in [0.2, 0.25) is 0 Å². The van der Waals surface area contributed by atoms with E-state index < -0.39 is 52.4 Å². The summed E-state index contributed by atoms with van der Waals surface area (Å²) in [6, 6.07) is 6.15. The lowest BCUT2D eigenvalue weighted by atomic mass is 9.89. The topological polar surface area (TPSA) is 127 Å². The molecule has 1 fully saturated rings. The number of anilines is 2. The van der Waals surface area contributed by atoms with E-state index >= 15 is 0 Å². The number of pyridine rings is 2. The van der Waals surface area contributed by atoms with Crippen molar-refractivity contribution in [2.45, 2.75) is 45.4 Å². The number of alkyl carbamates (subject to hydrolysis) is 1. The molecule has 1 aliphatic heterocycles. The van der Waals surface area contributed by atoms with E-state index in [-0.39, 0.29) is 17.7 Å². The van der Waals surface area contributed by atoms with Gasteiger partial charge in [-0.1, -0.05) is 18.2 Å². The van der Waals surface area contributed by atoms with Crippen LogP contribution in [0, 0.1) is 23.4 Å². The maximum atomic E-state index is 14.6. The average Bonchev–Trinajstić information content (AvgIpc) is 3.47. The molecule has 5 rings (SSSR count). The summed E-state index contributed by atoms with van der Waals surface area (Å²) in [5, 5.41) is 13.8. The molecule has 1 saturated heterocycles. The minimum absolute atomic E-state index is 0.0564. The average molecular weight is 609 g/mol. The lowest BCUT2D eigenvalue weighted by molar-refractivity contribution is 0.0465. The lowest BCUT2D eigenvalue weighted by Gasteiger charge is -2.44. The molecule has 11 nitrogen and oxygen atoms in total. The molecule has 0 unspecified atom stereocenters. The Bertz CT molecular complexity index is 1640. The summed E-state index contributed by atoms with van der Waals surface area (Å²) in [4.78, 5) is 36.2. The van der Waals surface area contributed by atoms with Gasteiger partial charge in [0.25, 0.3) is 5.91 Å². The van der Waals surface area contributed by atoms with Gasteiger partial charge >= 0.3 is 6.09 Å². The van der Waals surface area contributed by atoms with Crippen molar-refractivity contribution >= 4 is 23.4 Å². The van der Waals surface area contributed by atoms with Gasteiger partial charge in [0, 0.05) is 25.5 Å². The van der Waals surface area contributed by atoms with E-state index in [1.807, 2.05) is 11.8 Å². The summed E-state index contributed by atoms with van der Waals surface area (Å²) < 4.78 is 50.6. The predicted molar refractivity (Wildman–Crippen MR) is 155 cm³/mol. The van der Waals surface area contributed by atoms with Crippen molar-refractivity contribution in [3.8, 4) is 11.3 Å². The first-order valence-corrected chi connectivity index (χ1v) is 13.9. The SMILES string of the molecule is C[C@H]1CN(c2ccncc2NC(=O)c2ccc(F)c(-c3c(F)cccc3F)n2)C[C@@H](NC(=O)OC(C)(C)C)[C@H]1n1ccnn1. The highest BCUT2D eigenvalue weighted by Crippen LogP contribution is 2.34. The number of carbonyl (C=O) groups is 2. The molecule has 0 bridgehead atoms. The second-order valence-corrected chi connectivity index (χ2v) is 11.5. The number of amides is 2. The van der Waals surface area contributed by atoms with Crippen LogP contribution in [0.4, 0.5) is 29.3 Å². The van der Waals surface area contributed by atoms with Crippen LogP contribution >= 0.6 is 0 Å². The zero-order chi connectivity index (χ0) is 31.6. The summed E-state index contributed by atoms with van der Waals surface area (Å²) in [7, 11) is 0. The standard InChI is InChI=1S/C30H31F3N8O3/c1-17-15-40(16-23(27(17)41-13-12-35-39-41)38-29(43)44-30(2,3)4)24-10-11-34-14-22(24)37-28(42)21-9-8-20(33)26(36-21)25-18(31)6-5-7-19(25)32/h5-14,17,23,27H,15-16H2,1-4H3,(H,37,42)(H,38,43)/t17-,23+,27-/m0/s1. The van der Waals surface area contributed by atoms with Crippen molar-refractivity contribution in [3.05, 3.63) is 84.3 Å². The number of piperidine rings is 1. The quantitative estimate of drug-likeness (QED) is 0.313. The summed E-state index contributed by atoms with van der Waals surface area (Å²) in [6.45, 7) is 8.15. The van der Waals surface area contributed by atoms with E-state index in [1.165, 1.54) is 6.20 Å². The highest BCUT2D eigenvalue weighted by molar-refractivity contribution is 6.04. The van der Waals surface area contributed by atoms with Crippen molar-refractivity contribution in [2.75, 3.05) is 23.3 Å². The van der Waals surface area contributed by atoms with E-state index in [0.29, 0.717) is 24.5 Å². The molecule has 0 spiro atoms. The largest absolute Gasteiger partial charge is 0.444 e. The molecule has 0 radical (unpaired) electrons. The van der Waals surface area contributed by atoms with Gasteiger partial charge in [-0.2, -0.15) is 0 Å². The predicted octanol–water partition coefficient (Wildman–Crippen LogP) is 5.00. The fraction of sp³-hybridized carbons (Fsp3) is 0.333. The minimum atomic E-state index is -1.01. The molecular weight excluding hydrogens is 577 g/mol. The Morgan fingerprint density at radius 1 is 1.00 bits per heavy atom. The second-order valence-electron chi connectivity index (χ2n) is 11.5. The number of carbonyl (C=O) groups excluding carboxylic acids is 2. The summed E-state index contributed by atoms with van der Waals surface area (Å²) in [5.41, 5.74) is -1.36. The van der Waals surface area contributed by atoms with Crippen LogP contribution in [0.25, 0.3) is 11.3 Å². The normalized spacial score (nSPS) is 18.5. The van der Waals surface area contributed by atoms with Crippen LogP contribution < -0.4 is 15.5 Å². The fourth-order valence-electron chi connectivity index (χ4n) is 5.29. The molecule has 4 heterocycles. The van der Waals surface area contributed by atoms with E-state index in [0.717, 1.165) is 30.3 Å². The third-order valence-corrected chi connectivity index (χ3v) is 7.03. The Morgan fingerprint density at radius 2 is 1.75 bits per heavy atom. The first-order valence-electron chi connectivity index (χ1n) is 13.9. The first kappa shape index (κ1) is 30.4. The Kier molecular flexibility index (Phi) is 8.52. The third-order valence-electron chi connectivity index (χ3n) is 7.03. The van der Waals surface area contributed by atoms with E-state index in [1.54, 1.807) is 50.1 Å². The molecule has 3 aromatic heterocycles. The van der Waals surface area contributed by atoms with Crippen LogP contribution in [0.3, 0.4) is 0 Å². The van der Waals surface area contributed by atoms with Crippen LogP contribution in [0.15, 0.2) is 61.2 Å². The minimum Gasteiger partial charge on any atom is -0.444 e. The van der Waals surface area contributed by atoms with Crippen molar-refractivity contribution in [3.63, 3.8) is 0 Å². The molecule has 44 heavy (non-hydrogen) atoms. The molecule has 14 heteroatoms. The number of nitrogens with zero attached hydrogens (tertiary/aromatic N) is 6. The number of halogens is 3. The fourth-order valence-corrected chi connectivity index (χ4v) is 5.29. The summed E-state index contributed by atoms with van der Waals surface area (Å²) in [5.74, 6) is -3.81. The Hall–Kier alpha value is -5.01. The molecule has 4 aromatic rings. The maximum absolute atomic E-state index is 14.6. The molecule has 1 aromatic carbocycles. The number of benzene rings is 1. The van der Waals surface area contributed by atoms with Crippen LogP contribution in [-0.2, 0) is 4.74 Å². The van der Waals surface area contributed by atoms with E-state index in [2.05, 4.69) is 30.9 Å². The van der Waals surface area contributed by atoms with Crippen molar-refractivity contribution in [1.82, 2.24) is 30.3 Å². The Balaban J connectivity index is 1.41. The van der Waals surface area contributed by atoms with Crippen LogP contribution in [0.5, 0.6) is 0 Å². The molecule has 0 aliphatic carbocycles. The number of aromatic nitrogens is 5. The number of hydrogen-bond donors (Lipinski definition) is 2. The molecule has 2 amide bonds. The van der Waals surface area contributed by atoms with Crippen LogP contribution in [0.1, 0.15) is 44.2 Å². The molecule has 0 saturated carbocycles. The van der Waals surface area contributed by atoms with E-state index in [9.17, 15) is 22.8 Å². The number of ether oxygens (including phenoxy) is 1. The van der Waals surface area contributed by atoms with Gasteiger partial charge in [0.1, 0.15) is 34.4 Å². The molecular formula is C30H31F3N8O3. The third kappa shape index (κ3) is 6.63. The van der Waals surface area contributed by atoms with Gasteiger partial charge < -0.3 is 20.3 Å². The first-order chi connectivity index (χ1) is 20.9. The summed E-state index contributed by atoms with van der Waals surface area (Å²) in [6.07, 6.45) is 5.71. The van der Waals surface area contributed by atoms with Gasteiger partial charge in [0.2, 0.25) is 0 Å². The maximum Gasteiger partial charge on any atom is 0.408 e. The molecule has 1 aliphatic rings. The van der Waals surface area contributed by atoms with Gasteiger partial charge in [-0.3, -0.25) is 9.78 Å². The smallest absolute Gasteiger partial charge is 0.408 e. The Labute approximate surface area is 251 Å². The van der Waals surface area contributed by atoms with Gasteiger partial charge in [-0.05, 0) is 57.0 Å². The highest BCUT2D eigenvalue weighted by Gasteiger charge is 2.39. The number of hydrogen-bond acceptors (Lipinski definition) is 8. The van der Waals surface area contributed by atoms with Gasteiger partial charge in [-0.25, -0.2) is 27.6 Å². The van der Waals surface area contributed by atoms with Gasteiger partial charge in [-0.15, -0.1) is 5.10 Å². The van der Waals surface area contributed by atoms with Crippen molar-refractivity contribution in [1.29, 1.82) is 0 Å². The summed E-state index contributed by atoms with van der Waals surface area (Å²) >= 11 is 0. The van der Waals surface area contributed by atoms with Crippen molar-refractivity contribution in [2.24, 2.45) is 5.92 Å². The molecule has 3 atom stereocenters. The monoisotopic (exact) mass is 608 g/mol. The van der Waals surface area contributed by atoms with Gasteiger partial charge in [0.15, 0.2) is 0 Å². The number of nitrogens with one attached hydrogen (secondary N) is 2. The molecule has 2 N–H and O–H groups in total. The lowest BCUT2D eigenvalue weighted by Crippen LogP contribution is -2.57. The van der Waals surface area contributed by atoms with Gasteiger partial charge in [0.05, 0.1) is 41.4 Å². The molecule has 230 valence electrons. The zero-order valence-electron chi connectivity index (χ0n) is 24.5. The van der Waals surface area contributed by atoms with Crippen molar-refractivity contribution < 1.29 is 27.5 Å².